The molecule has 1 amide bonds. The maximum absolute atomic E-state index is 12.8. The Morgan fingerprint density at radius 1 is 1.22 bits per heavy atom. The van der Waals surface area contributed by atoms with Crippen LogP contribution in [0.4, 0.5) is 4.39 Å². The SMILES string of the molecule is COc1ccc(S(N)(=O)=O)cc1C(=O)NCc1ccc(F)cc1. The predicted molar refractivity (Wildman–Crippen MR) is 81.9 cm³/mol. The molecule has 0 saturated heterocycles. The molecule has 0 heterocycles. The van der Waals surface area contributed by atoms with Crippen LogP contribution < -0.4 is 15.2 Å². The molecule has 6 nitrogen and oxygen atoms in total. The van der Waals surface area contributed by atoms with Crippen LogP contribution in [0, 0.1) is 5.82 Å². The first-order valence-corrected chi connectivity index (χ1v) is 8.09. The molecule has 0 aliphatic rings. The van der Waals surface area contributed by atoms with E-state index in [9.17, 15) is 17.6 Å². The minimum absolute atomic E-state index is 0.0427. The number of sulfonamides is 1. The van der Waals surface area contributed by atoms with Crippen molar-refractivity contribution in [3.63, 3.8) is 0 Å². The molecule has 0 aliphatic heterocycles. The largest absolute Gasteiger partial charge is 0.496 e. The highest BCUT2D eigenvalue weighted by molar-refractivity contribution is 7.89. The zero-order valence-electron chi connectivity index (χ0n) is 12.2. The third-order valence-electron chi connectivity index (χ3n) is 3.11. The number of nitrogens with two attached hydrogens (primary N) is 1. The molecule has 0 unspecified atom stereocenters. The number of hydrogen-bond donors (Lipinski definition) is 2. The van der Waals surface area contributed by atoms with E-state index >= 15 is 0 Å². The zero-order valence-corrected chi connectivity index (χ0v) is 13.1. The number of methoxy groups -OCH3 is 1. The summed E-state index contributed by atoms with van der Waals surface area (Å²) < 4.78 is 40.7. The van der Waals surface area contributed by atoms with Gasteiger partial charge < -0.3 is 10.1 Å². The fourth-order valence-electron chi connectivity index (χ4n) is 1.92. The first-order valence-electron chi connectivity index (χ1n) is 6.55. The van der Waals surface area contributed by atoms with Crippen molar-refractivity contribution in [2.45, 2.75) is 11.4 Å². The first kappa shape index (κ1) is 16.9. The summed E-state index contributed by atoms with van der Waals surface area (Å²) in [5.74, 6) is -0.687. The number of carbonyl (C=O) groups excluding carboxylic acids is 1. The van der Waals surface area contributed by atoms with Crippen molar-refractivity contribution in [2.24, 2.45) is 5.14 Å². The molecule has 0 fully saturated rings. The van der Waals surface area contributed by atoms with Gasteiger partial charge in [-0.3, -0.25) is 4.79 Å². The van der Waals surface area contributed by atoms with Gasteiger partial charge in [0, 0.05) is 6.54 Å². The topological polar surface area (TPSA) is 98.5 Å². The number of amides is 1. The maximum Gasteiger partial charge on any atom is 0.255 e. The number of ether oxygens (including phenoxy) is 1. The highest BCUT2D eigenvalue weighted by Gasteiger charge is 2.17. The monoisotopic (exact) mass is 338 g/mol. The van der Waals surface area contributed by atoms with Crippen LogP contribution in [0.2, 0.25) is 0 Å². The van der Waals surface area contributed by atoms with E-state index in [1.165, 1.54) is 43.5 Å². The molecule has 23 heavy (non-hydrogen) atoms. The summed E-state index contributed by atoms with van der Waals surface area (Å²) in [6.07, 6.45) is 0. The van der Waals surface area contributed by atoms with Gasteiger partial charge in [0.1, 0.15) is 11.6 Å². The number of hydrogen-bond acceptors (Lipinski definition) is 4. The second-order valence-electron chi connectivity index (χ2n) is 4.72. The van der Waals surface area contributed by atoms with E-state index < -0.39 is 15.9 Å². The normalized spacial score (nSPS) is 11.1. The number of halogens is 1. The smallest absolute Gasteiger partial charge is 0.255 e. The summed E-state index contributed by atoms with van der Waals surface area (Å²) in [6, 6.07) is 9.39. The fourth-order valence-corrected chi connectivity index (χ4v) is 2.46. The molecule has 2 aromatic rings. The Morgan fingerprint density at radius 3 is 2.43 bits per heavy atom. The van der Waals surface area contributed by atoms with Gasteiger partial charge in [-0.2, -0.15) is 0 Å². The van der Waals surface area contributed by atoms with Gasteiger partial charge in [-0.1, -0.05) is 12.1 Å². The Bertz CT molecular complexity index is 820. The molecule has 0 atom stereocenters. The van der Waals surface area contributed by atoms with Crippen LogP contribution in [0.5, 0.6) is 5.75 Å². The molecular formula is C15H15FN2O4S. The van der Waals surface area contributed by atoms with Crippen LogP contribution in [0.1, 0.15) is 15.9 Å². The summed E-state index contributed by atoms with van der Waals surface area (Å²) in [5, 5.41) is 7.67. The number of benzene rings is 2. The van der Waals surface area contributed by atoms with Crippen molar-refractivity contribution in [3.8, 4) is 5.75 Å². The summed E-state index contributed by atoms with van der Waals surface area (Å²) in [6.45, 7) is 0.155. The lowest BCUT2D eigenvalue weighted by Crippen LogP contribution is -2.24. The number of carbonyl (C=O) groups is 1. The number of rotatable bonds is 5. The van der Waals surface area contributed by atoms with Crippen LogP contribution in [-0.4, -0.2) is 21.4 Å². The van der Waals surface area contributed by atoms with Crippen molar-refractivity contribution in [3.05, 3.63) is 59.4 Å². The van der Waals surface area contributed by atoms with Gasteiger partial charge in [0.05, 0.1) is 17.6 Å². The molecule has 0 aliphatic carbocycles. The standard InChI is InChI=1S/C15H15FN2O4S/c1-22-14-7-6-12(23(17,20)21)8-13(14)15(19)18-9-10-2-4-11(16)5-3-10/h2-8H,9H2,1H3,(H,18,19)(H2,17,20,21). The van der Waals surface area contributed by atoms with Gasteiger partial charge in [-0.15, -0.1) is 0 Å². The van der Waals surface area contributed by atoms with Crippen molar-refractivity contribution in [1.29, 1.82) is 0 Å². The van der Waals surface area contributed by atoms with Crippen LogP contribution >= 0.6 is 0 Å². The second-order valence-corrected chi connectivity index (χ2v) is 6.28. The van der Waals surface area contributed by atoms with Crippen molar-refractivity contribution < 1.29 is 22.3 Å². The molecule has 8 heteroatoms. The molecule has 3 N–H and O–H groups in total. The third-order valence-corrected chi connectivity index (χ3v) is 4.02. The van der Waals surface area contributed by atoms with Gasteiger partial charge in [-0.05, 0) is 35.9 Å². The lowest BCUT2D eigenvalue weighted by Gasteiger charge is -2.11. The zero-order chi connectivity index (χ0) is 17.0. The van der Waals surface area contributed by atoms with E-state index in [0.717, 1.165) is 6.07 Å². The molecule has 2 rings (SSSR count). The van der Waals surface area contributed by atoms with Crippen molar-refractivity contribution in [1.82, 2.24) is 5.32 Å². The van der Waals surface area contributed by atoms with Gasteiger partial charge in [0.25, 0.3) is 5.91 Å². The Labute approximate surface area is 133 Å². The Kier molecular flexibility index (Phi) is 4.97. The lowest BCUT2D eigenvalue weighted by atomic mass is 10.1. The Hall–Kier alpha value is -2.45. The molecule has 0 aromatic heterocycles. The molecule has 0 saturated carbocycles. The highest BCUT2D eigenvalue weighted by Crippen LogP contribution is 2.22. The van der Waals surface area contributed by atoms with Gasteiger partial charge >= 0.3 is 0 Å². The van der Waals surface area contributed by atoms with Gasteiger partial charge in [0.2, 0.25) is 10.0 Å². The molecular weight excluding hydrogens is 323 g/mol. The lowest BCUT2D eigenvalue weighted by molar-refractivity contribution is 0.0947. The summed E-state index contributed by atoms with van der Waals surface area (Å²) >= 11 is 0. The highest BCUT2D eigenvalue weighted by atomic mass is 32.2. The molecule has 0 spiro atoms. The maximum atomic E-state index is 12.8. The van der Waals surface area contributed by atoms with E-state index in [1.54, 1.807) is 0 Å². The Morgan fingerprint density at radius 2 is 1.87 bits per heavy atom. The van der Waals surface area contributed by atoms with E-state index in [2.05, 4.69) is 5.32 Å². The van der Waals surface area contributed by atoms with Gasteiger partial charge in [0.15, 0.2) is 0 Å². The van der Waals surface area contributed by atoms with E-state index in [1.807, 2.05) is 0 Å². The fraction of sp³-hybridized carbons (Fsp3) is 0.133. The van der Waals surface area contributed by atoms with Crippen molar-refractivity contribution >= 4 is 15.9 Å². The van der Waals surface area contributed by atoms with Crippen LogP contribution in [0.3, 0.4) is 0 Å². The predicted octanol–water partition coefficient (Wildman–Crippen LogP) is 1.41. The minimum Gasteiger partial charge on any atom is -0.496 e. The average Bonchev–Trinajstić information content (AvgIpc) is 2.52. The second kappa shape index (κ2) is 6.76. The molecule has 122 valence electrons. The number of primary sulfonamides is 1. The van der Waals surface area contributed by atoms with E-state index in [0.29, 0.717) is 5.56 Å². The summed E-state index contributed by atoms with van der Waals surface area (Å²) in [5.41, 5.74) is 0.738. The average molecular weight is 338 g/mol. The molecule has 0 radical (unpaired) electrons. The van der Waals surface area contributed by atoms with Gasteiger partial charge in [-0.25, -0.2) is 17.9 Å². The number of nitrogens with one attached hydrogen (secondary N) is 1. The minimum atomic E-state index is -3.93. The quantitative estimate of drug-likeness (QED) is 0.861. The molecule has 0 bridgehead atoms. The first-order chi connectivity index (χ1) is 10.8. The van der Waals surface area contributed by atoms with E-state index in [4.69, 9.17) is 9.88 Å². The van der Waals surface area contributed by atoms with Crippen molar-refractivity contribution in [2.75, 3.05) is 7.11 Å². The van der Waals surface area contributed by atoms with Crippen LogP contribution in [0.15, 0.2) is 47.4 Å². The van der Waals surface area contributed by atoms with Crippen LogP contribution in [0.25, 0.3) is 0 Å². The Balaban J connectivity index is 2.22. The molecule has 2 aromatic carbocycles. The van der Waals surface area contributed by atoms with E-state index in [-0.39, 0.29) is 28.6 Å². The summed E-state index contributed by atoms with van der Waals surface area (Å²) in [7, 11) is -2.57. The van der Waals surface area contributed by atoms with Crippen LogP contribution in [-0.2, 0) is 16.6 Å². The third kappa shape index (κ3) is 4.27. The summed E-state index contributed by atoms with van der Waals surface area (Å²) in [4.78, 5) is 12.1.